The van der Waals surface area contributed by atoms with Gasteiger partial charge in [-0.2, -0.15) is 0 Å². The van der Waals surface area contributed by atoms with Gasteiger partial charge in [0.15, 0.2) is 0 Å². The molecule has 0 heterocycles. The zero-order valence-corrected chi connectivity index (χ0v) is 12.1. The molecular formula is C16H25NO2. The molecule has 0 aliphatic carbocycles. The van der Waals surface area contributed by atoms with E-state index in [1.807, 2.05) is 30.3 Å². The highest BCUT2D eigenvalue weighted by atomic mass is 16.4. The molecule has 0 bridgehead atoms. The Bertz CT molecular complexity index is 387. The maximum Gasteiger partial charge on any atom is 0.320 e. The molecule has 0 saturated heterocycles. The van der Waals surface area contributed by atoms with Crippen molar-refractivity contribution in [2.45, 2.75) is 52.6 Å². The van der Waals surface area contributed by atoms with Crippen molar-refractivity contribution < 1.29 is 9.90 Å². The van der Waals surface area contributed by atoms with Crippen LogP contribution in [0.4, 0.5) is 0 Å². The summed E-state index contributed by atoms with van der Waals surface area (Å²) in [6.07, 6.45) is 2.78. The largest absolute Gasteiger partial charge is 0.480 e. The fourth-order valence-electron chi connectivity index (χ4n) is 2.42. The zero-order chi connectivity index (χ0) is 14.3. The molecule has 3 nitrogen and oxygen atoms in total. The van der Waals surface area contributed by atoms with E-state index in [1.54, 1.807) is 0 Å². The van der Waals surface area contributed by atoms with Gasteiger partial charge in [0, 0.05) is 6.54 Å². The molecule has 2 N–H and O–H groups in total. The first-order chi connectivity index (χ1) is 8.94. The fourth-order valence-corrected chi connectivity index (χ4v) is 2.42. The predicted molar refractivity (Wildman–Crippen MR) is 78.0 cm³/mol. The van der Waals surface area contributed by atoms with Crippen LogP contribution in [0.1, 0.15) is 45.6 Å². The van der Waals surface area contributed by atoms with Gasteiger partial charge >= 0.3 is 5.97 Å². The van der Waals surface area contributed by atoms with E-state index in [4.69, 9.17) is 0 Å². The summed E-state index contributed by atoms with van der Waals surface area (Å²) in [6.45, 7) is 7.00. The van der Waals surface area contributed by atoms with Crippen molar-refractivity contribution in [3.05, 3.63) is 35.9 Å². The Morgan fingerprint density at radius 1 is 1.32 bits per heavy atom. The second-order valence-electron chi connectivity index (χ2n) is 5.88. The Hall–Kier alpha value is -1.35. The Morgan fingerprint density at radius 2 is 1.95 bits per heavy atom. The summed E-state index contributed by atoms with van der Waals surface area (Å²) in [5.74, 6) is -0.764. The van der Waals surface area contributed by atoms with Crippen LogP contribution in [-0.2, 0) is 11.3 Å². The van der Waals surface area contributed by atoms with E-state index in [0.717, 1.165) is 18.4 Å². The summed E-state index contributed by atoms with van der Waals surface area (Å²) >= 11 is 0. The lowest BCUT2D eigenvalue weighted by Crippen LogP contribution is -2.39. The monoisotopic (exact) mass is 263 g/mol. The molecule has 1 unspecified atom stereocenters. The van der Waals surface area contributed by atoms with Crippen LogP contribution in [0.2, 0.25) is 0 Å². The summed E-state index contributed by atoms with van der Waals surface area (Å²) in [5, 5.41) is 12.5. The molecular weight excluding hydrogens is 238 g/mol. The lowest BCUT2D eigenvalue weighted by molar-refractivity contribution is -0.140. The molecule has 0 aliphatic heterocycles. The first-order valence-corrected chi connectivity index (χ1v) is 6.95. The van der Waals surface area contributed by atoms with Crippen molar-refractivity contribution in [3.8, 4) is 0 Å². The van der Waals surface area contributed by atoms with Crippen LogP contribution in [-0.4, -0.2) is 17.1 Å². The number of rotatable bonds is 8. The van der Waals surface area contributed by atoms with Crippen LogP contribution in [0.5, 0.6) is 0 Å². The third-order valence-corrected chi connectivity index (χ3v) is 3.38. The van der Waals surface area contributed by atoms with Crippen molar-refractivity contribution in [3.63, 3.8) is 0 Å². The quantitative estimate of drug-likeness (QED) is 0.755. The predicted octanol–water partition coefficient (Wildman–Crippen LogP) is 3.45. The van der Waals surface area contributed by atoms with Crippen molar-refractivity contribution in [2.24, 2.45) is 5.41 Å². The van der Waals surface area contributed by atoms with Gasteiger partial charge in [0.1, 0.15) is 6.04 Å². The number of aliphatic carboxylic acids is 1. The highest BCUT2D eigenvalue weighted by Gasteiger charge is 2.26. The van der Waals surface area contributed by atoms with Gasteiger partial charge in [-0.05, 0) is 23.8 Å². The number of carboxylic acid groups (broad SMARTS) is 1. The number of carbonyl (C=O) groups is 1. The van der Waals surface area contributed by atoms with Crippen LogP contribution in [0.15, 0.2) is 30.3 Å². The Labute approximate surface area is 116 Å². The van der Waals surface area contributed by atoms with Gasteiger partial charge < -0.3 is 10.4 Å². The van der Waals surface area contributed by atoms with Crippen LogP contribution < -0.4 is 5.32 Å². The summed E-state index contributed by atoms with van der Waals surface area (Å²) in [6, 6.07) is 9.41. The molecule has 1 aromatic carbocycles. The first-order valence-electron chi connectivity index (χ1n) is 6.95. The normalized spacial score (nSPS) is 13.2. The van der Waals surface area contributed by atoms with Crippen molar-refractivity contribution in [1.82, 2.24) is 5.32 Å². The maximum absolute atomic E-state index is 11.3. The highest BCUT2D eigenvalue weighted by Crippen LogP contribution is 2.28. The van der Waals surface area contributed by atoms with Gasteiger partial charge in [-0.25, -0.2) is 0 Å². The van der Waals surface area contributed by atoms with Gasteiger partial charge in [-0.3, -0.25) is 4.79 Å². The summed E-state index contributed by atoms with van der Waals surface area (Å²) in [5.41, 5.74) is 1.17. The number of hydrogen-bond donors (Lipinski definition) is 2. The number of nitrogens with one attached hydrogen (secondary N) is 1. The molecule has 0 spiro atoms. The van der Waals surface area contributed by atoms with Crippen LogP contribution in [0.25, 0.3) is 0 Å². The Kier molecular flexibility index (Phi) is 6.03. The van der Waals surface area contributed by atoms with Gasteiger partial charge in [0.2, 0.25) is 0 Å². The van der Waals surface area contributed by atoms with Gasteiger partial charge in [-0.1, -0.05) is 57.5 Å². The van der Waals surface area contributed by atoms with E-state index in [0.29, 0.717) is 13.0 Å². The van der Waals surface area contributed by atoms with E-state index in [9.17, 15) is 9.90 Å². The highest BCUT2D eigenvalue weighted by molar-refractivity contribution is 5.73. The third kappa shape index (κ3) is 5.88. The van der Waals surface area contributed by atoms with E-state index in [1.165, 1.54) is 0 Å². The lowest BCUT2D eigenvalue weighted by Gasteiger charge is -2.28. The number of benzene rings is 1. The van der Waals surface area contributed by atoms with E-state index in [2.05, 4.69) is 26.1 Å². The summed E-state index contributed by atoms with van der Waals surface area (Å²) < 4.78 is 0. The molecule has 0 saturated carbocycles. The SMILES string of the molecule is CCCC(C)(C)CC(NCc1ccccc1)C(=O)O. The molecule has 1 atom stereocenters. The zero-order valence-electron chi connectivity index (χ0n) is 12.1. The van der Waals surface area contributed by atoms with Gasteiger partial charge in [-0.15, -0.1) is 0 Å². The Morgan fingerprint density at radius 3 is 2.47 bits per heavy atom. The van der Waals surface area contributed by atoms with Crippen molar-refractivity contribution >= 4 is 5.97 Å². The fraction of sp³-hybridized carbons (Fsp3) is 0.562. The minimum absolute atomic E-state index is 0.0570. The van der Waals surface area contributed by atoms with Gasteiger partial charge in [0.05, 0.1) is 0 Å². The third-order valence-electron chi connectivity index (χ3n) is 3.38. The molecule has 3 heteroatoms. The second kappa shape index (κ2) is 7.29. The van der Waals surface area contributed by atoms with Crippen LogP contribution in [0, 0.1) is 5.41 Å². The minimum atomic E-state index is -0.764. The summed E-state index contributed by atoms with van der Waals surface area (Å²) in [4.78, 5) is 11.3. The molecule has 0 fully saturated rings. The molecule has 106 valence electrons. The molecule has 19 heavy (non-hydrogen) atoms. The molecule has 1 rings (SSSR count). The lowest BCUT2D eigenvalue weighted by atomic mass is 9.81. The van der Waals surface area contributed by atoms with E-state index in [-0.39, 0.29) is 5.41 Å². The molecule has 0 aromatic heterocycles. The smallest absolute Gasteiger partial charge is 0.320 e. The number of hydrogen-bond acceptors (Lipinski definition) is 2. The minimum Gasteiger partial charge on any atom is -0.480 e. The summed E-state index contributed by atoms with van der Waals surface area (Å²) in [7, 11) is 0. The van der Waals surface area contributed by atoms with E-state index >= 15 is 0 Å². The average molecular weight is 263 g/mol. The van der Waals surface area contributed by atoms with Crippen molar-refractivity contribution in [1.29, 1.82) is 0 Å². The molecule has 0 aliphatic rings. The van der Waals surface area contributed by atoms with Crippen LogP contribution in [0.3, 0.4) is 0 Å². The Balaban J connectivity index is 2.56. The standard InChI is InChI=1S/C16H25NO2/c1-4-10-16(2,3)11-14(15(18)19)17-12-13-8-6-5-7-9-13/h5-9,14,17H,4,10-12H2,1-3H3,(H,18,19). The molecule has 0 radical (unpaired) electrons. The molecule has 1 aromatic rings. The van der Waals surface area contributed by atoms with Crippen LogP contribution >= 0.6 is 0 Å². The van der Waals surface area contributed by atoms with Gasteiger partial charge in [0.25, 0.3) is 0 Å². The maximum atomic E-state index is 11.3. The van der Waals surface area contributed by atoms with Crippen molar-refractivity contribution in [2.75, 3.05) is 0 Å². The average Bonchev–Trinajstić information content (AvgIpc) is 2.35. The molecule has 0 amide bonds. The van der Waals surface area contributed by atoms with E-state index < -0.39 is 12.0 Å². The second-order valence-corrected chi connectivity index (χ2v) is 5.88. The first kappa shape index (κ1) is 15.7. The topological polar surface area (TPSA) is 49.3 Å². The number of carboxylic acids is 1.